The fraction of sp³-hybridized carbons (Fsp3) is 0.769. The van der Waals surface area contributed by atoms with Crippen LogP contribution in [0.4, 0.5) is 0 Å². The summed E-state index contributed by atoms with van der Waals surface area (Å²) in [5.74, 6) is 0.878. The zero-order valence-corrected chi connectivity index (χ0v) is 9.69. The first-order chi connectivity index (χ1) is 6.20. The molecule has 0 aromatic carbocycles. The number of hydrogen-bond donors (Lipinski definition) is 0. The molecule has 0 saturated carbocycles. The van der Waals surface area contributed by atoms with Crippen LogP contribution in [-0.4, -0.2) is 0 Å². The van der Waals surface area contributed by atoms with Crippen LogP contribution in [0.2, 0.25) is 0 Å². The zero-order valence-electron chi connectivity index (χ0n) is 9.69. The van der Waals surface area contributed by atoms with E-state index in [4.69, 9.17) is 0 Å². The lowest BCUT2D eigenvalue weighted by molar-refractivity contribution is 0.486. The molecule has 0 saturated heterocycles. The molecule has 1 unspecified atom stereocenters. The lowest BCUT2D eigenvalue weighted by Gasteiger charge is -2.08. The fourth-order valence-electron chi connectivity index (χ4n) is 1.45. The normalized spacial score (nSPS) is 12.0. The highest BCUT2D eigenvalue weighted by Gasteiger charge is 1.99. The largest absolute Gasteiger partial charge is 0.126 e. The average Bonchev–Trinajstić information content (AvgIpc) is 2.12. The molecule has 0 fully saturated rings. The molecule has 0 spiro atoms. The van der Waals surface area contributed by atoms with Crippen molar-refractivity contribution in [2.24, 2.45) is 5.92 Å². The number of allylic oxidation sites excluding steroid dienone is 1. The minimum Gasteiger partial charge on any atom is -0.126 e. The second-order valence-corrected chi connectivity index (χ2v) is 3.97. The molecule has 1 atom stereocenters. The standard InChI is InChI=1S/C13H24/c1-5-7-9-13(4)11-10-12(3)8-6-2/h7,12H,5-6,8,10-11H2,1-4H3. The van der Waals surface area contributed by atoms with Crippen molar-refractivity contribution in [2.75, 3.05) is 0 Å². The maximum absolute atomic E-state index is 3.32. The van der Waals surface area contributed by atoms with Gasteiger partial charge in [-0.1, -0.05) is 33.6 Å². The van der Waals surface area contributed by atoms with E-state index >= 15 is 0 Å². The third-order valence-electron chi connectivity index (χ3n) is 2.35. The highest BCUT2D eigenvalue weighted by molar-refractivity contribution is 4.97. The molecule has 0 N–H and O–H groups in total. The van der Waals surface area contributed by atoms with E-state index < -0.39 is 0 Å². The Hall–Kier alpha value is -0.480. The van der Waals surface area contributed by atoms with E-state index in [9.17, 15) is 0 Å². The van der Waals surface area contributed by atoms with Gasteiger partial charge in [0, 0.05) is 0 Å². The van der Waals surface area contributed by atoms with E-state index in [1.807, 2.05) is 0 Å². The van der Waals surface area contributed by atoms with Gasteiger partial charge in [0.05, 0.1) is 0 Å². The van der Waals surface area contributed by atoms with Gasteiger partial charge in [0.1, 0.15) is 0 Å². The SMILES string of the molecule is CCC=C=C(C)CCC(C)CCC. The molecule has 0 heteroatoms. The van der Waals surface area contributed by atoms with Crippen molar-refractivity contribution in [1.82, 2.24) is 0 Å². The first kappa shape index (κ1) is 12.5. The highest BCUT2D eigenvalue weighted by Crippen LogP contribution is 2.15. The van der Waals surface area contributed by atoms with Crippen molar-refractivity contribution in [3.8, 4) is 0 Å². The summed E-state index contributed by atoms with van der Waals surface area (Å²) in [6, 6.07) is 0. The maximum atomic E-state index is 3.32. The van der Waals surface area contributed by atoms with Gasteiger partial charge in [0.15, 0.2) is 0 Å². The molecule has 0 aliphatic rings. The van der Waals surface area contributed by atoms with Crippen LogP contribution >= 0.6 is 0 Å². The van der Waals surface area contributed by atoms with E-state index in [-0.39, 0.29) is 0 Å². The third kappa shape index (κ3) is 7.87. The van der Waals surface area contributed by atoms with Gasteiger partial charge < -0.3 is 0 Å². The van der Waals surface area contributed by atoms with Gasteiger partial charge in [0.25, 0.3) is 0 Å². The smallest absolute Gasteiger partial charge is 0.0244 e. The summed E-state index contributed by atoms with van der Waals surface area (Å²) in [5, 5.41) is 0. The Morgan fingerprint density at radius 1 is 1.31 bits per heavy atom. The van der Waals surface area contributed by atoms with Gasteiger partial charge in [-0.25, -0.2) is 0 Å². The van der Waals surface area contributed by atoms with E-state index in [1.165, 1.54) is 31.3 Å². The van der Waals surface area contributed by atoms with Crippen LogP contribution in [-0.2, 0) is 0 Å². The molecular formula is C13H24. The van der Waals surface area contributed by atoms with Crippen LogP contribution in [0.5, 0.6) is 0 Å². The monoisotopic (exact) mass is 180 g/mol. The van der Waals surface area contributed by atoms with Gasteiger partial charge in [-0.2, -0.15) is 0 Å². The molecule has 76 valence electrons. The Kier molecular flexibility index (Phi) is 7.83. The molecule has 0 nitrogen and oxygen atoms in total. The fourth-order valence-corrected chi connectivity index (χ4v) is 1.45. The Balaban J connectivity index is 3.69. The minimum absolute atomic E-state index is 0.878. The molecule has 0 aromatic rings. The molecule has 0 aliphatic heterocycles. The van der Waals surface area contributed by atoms with Gasteiger partial charge in [-0.05, 0) is 43.8 Å². The summed E-state index contributed by atoms with van der Waals surface area (Å²) in [7, 11) is 0. The lowest BCUT2D eigenvalue weighted by atomic mass is 9.98. The van der Waals surface area contributed by atoms with Crippen molar-refractivity contribution in [2.45, 2.75) is 59.8 Å². The summed E-state index contributed by atoms with van der Waals surface area (Å²) in [6.45, 7) is 8.95. The molecule has 0 aromatic heterocycles. The quantitative estimate of drug-likeness (QED) is 0.519. The van der Waals surface area contributed by atoms with Crippen molar-refractivity contribution in [3.63, 3.8) is 0 Å². The first-order valence-corrected chi connectivity index (χ1v) is 5.61. The minimum atomic E-state index is 0.878. The van der Waals surface area contributed by atoms with Crippen LogP contribution in [0, 0.1) is 5.92 Å². The van der Waals surface area contributed by atoms with E-state index in [2.05, 4.69) is 39.5 Å². The number of hydrogen-bond acceptors (Lipinski definition) is 0. The van der Waals surface area contributed by atoms with Gasteiger partial charge in [-0.3, -0.25) is 0 Å². The van der Waals surface area contributed by atoms with Gasteiger partial charge in [-0.15, -0.1) is 5.73 Å². The third-order valence-corrected chi connectivity index (χ3v) is 2.35. The summed E-state index contributed by atoms with van der Waals surface area (Å²) in [6.07, 6.45) is 8.45. The molecule has 0 rings (SSSR count). The zero-order chi connectivity index (χ0) is 10.1. The van der Waals surface area contributed by atoms with Crippen molar-refractivity contribution >= 4 is 0 Å². The van der Waals surface area contributed by atoms with Crippen molar-refractivity contribution in [3.05, 3.63) is 17.4 Å². The average molecular weight is 180 g/mol. The van der Waals surface area contributed by atoms with Crippen molar-refractivity contribution < 1.29 is 0 Å². The first-order valence-electron chi connectivity index (χ1n) is 5.61. The summed E-state index contributed by atoms with van der Waals surface area (Å²) >= 11 is 0. The number of rotatable bonds is 6. The molecule has 13 heavy (non-hydrogen) atoms. The van der Waals surface area contributed by atoms with E-state index in [1.54, 1.807) is 0 Å². The van der Waals surface area contributed by atoms with E-state index in [0.717, 1.165) is 12.3 Å². The lowest BCUT2D eigenvalue weighted by Crippen LogP contribution is -1.93. The van der Waals surface area contributed by atoms with Crippen LogP contribution in [0.15, 0.2) is 17.4 Å². The predicted molar refractivity (Wildman–Crippen MR) is 60.9 cm³/mol. The van der Waals surface area contributed by atoms with Crippen LogP contribution in [0.3, 0.4) is 0 Å². The Morgan fingerprint density at radius 3 is 2.54 bits per heavy atom. The highest BCUT2D eigenvalue weighted by atomic mass is 14.1. The second-order valence-electron chi connectivity index (χ2n) is 3.97. The van der Waals surface area contributed by atoms with Crippen LogP contribution in [0.1, 0.15) is 59.8 Å². The Bertz CT molecular complexity index is 170. The summed E-state index contributed by atoms with van der Waals surface area (Å²) < 4.78 is 0. The maximum Gasteiger partial charge on any atom is -0.0244 e. The second kappa shape index (κ2) is 8.13. The molecule has 0 aliphatic carbocycles. The molecule has 0 bridgehead atoms. The van der Waals surface area contributed by atoms with E-state index in [0.29, 0.717) is 0 Å². The van der Waals surface area contributed by atoms with Crippen molar-refractivity contribution in [1.29, 1.82) is 0 Å². The predicted octanol–water partition coefficient (Wildman–Crippen LogP) is 4.71. The molecule has 0 radical (unpaired) electrons. The van der Waals surface area contributed by atoms with Gasteiger partial charge in [0.2, 0.25) is 0 Å². The Morgan fingerprint density at radius 2 is 2.00 bits per heavy atom. The Labute approximate surface area is 83.7 Å². The molecule has 0 amide bonds. The summed E-state index contributed by atoms with van der Waals surface area (Å²) in [4.78, 5) is 0. The molecule has 0 heterocycles. The summed E-state index contributed by atoms with van der Waals surface area (Å²) in [5.41, 5.74) is 4.73. The molecular weight excluding hydrogens is 156 g/mol. The van der Waals surface area contributed by atoms with Crippen LogP contribution < -0.4 is 0 Å². The van der Waals surface area contributed by atoms with Gasteiger partial charge >= 0.3 is 0 Å². The van der Waals surface area contributed by atoms with Crippen LogP contribution in [0.25, 0.3) is 0 Å². The topological polar surface area (TPSA) is 0 Å².